The van der Waals surface area contributed by atoms with Gasteiger partial charge in [0.25, 0.3) is 5.91 Å². The summed E-state index contributed by atoms with van der Waals surface area (Å²) in [6.45, 7) is 6.60. The van der Waals surface area contributed by atoms with E-state index in [1.54, 1.807) is 37.7 Å². The number of ether oxygens (including phenoxy) is 2. The molecule has 31 heavy (non-hydrogen) atoms. The molecule has 0 atom stereocenters. The average Bonchev–Trinajstić information content (AvgIpc) is 3.16. The number of carbonyl (C=O) groups is 1. The molecule has 1 aromatic carbocycles. The van der Waals surface area contributed by atoms with Gasteiger partial charge in [0.15, 0.2) is 12.4 Å². The molecule has 9 heteroatoms. The van der Waals surface area contributed by atoms with E-state index in [1.165, 1.54) is 0 Å². The van der Waals surface area contributed by atoms with Crippen molar-refractivity contribution in [1.82, 2.24) is 24.6 Å². The fraction of sp³-hybridized carbons (Fsp3) is 0.364. The summed E-state index contributed by atoms with van der Waals surface area (Å²) in [6, 6.07) is 11.1. The van der Waals surface area contributed by atoms with Crippen LogP contribution in [0.25, 0.3) is 5.82 Å². The zero-order chi connectivity index (χ0) is 21.8. The molecule has 1 saturated heterocycles. The highest BCUT2D eigenvalue weighted by atomic mass is 16.5. The van der Waals surface area contributed by atoms with Crippen LogP contribution in [0.1, 0.15) is 11.4 Å². The third-order valence-electron chi connectivity index (χ3n) is 5.24. The van der Waals surface area contributed by atoms with Gasteiger partial charge in [-0.2, -0.15) is 5.10 Å². The number of hydrogen-bond acceptors (Lipinski definition) is 7. The summed E-state index contributed by atoms with van der Waals surface area (Å²) in [6.07, 6.45) is 1.56. The molecule has 1 aliphatic heterocycles. The van der Waals surface area contributed by atoms with E-state index in [2.05, 4.69) is 20.0 Å². The molecule has 0 bridgehead atoms. The van der Waals surface area contributed by atoms with Crippen molar-refractivity contribution in [2.75, 3.05) is 44.8 Å². The van der Waals surface area contributed by atoms with Gasteiger partial charge in [0.2, 0.25) is 0 Å². The van der Waals surface area contributed by atoms with E-state index in [4.69, 9.17) is 9.47 Å². The smallest absolute Gasteiger partial charge is 0.260 e. The topological polar surface area (TPSA) is 85.6 Å². The molecule has 0 N–H and O–H groups in total. The van der Waals surface area contributed by atoms with Gasteiger partial charge in [-0.05, 0) is 44.2 Å². The SMILES string of the molecule is COc1ccc(OCC(=O)N2CCN(c3cc(-n4nc(C)cc4C)ncn3)CC2)cc1. The third kappa shape index (κ3) is 4.76. The van der Waals surface area contributed by atoms with Gasteiger partial charge in [-0.15, -0.1) is 0 Å². The largest absolute Gasteiger partial charge is 0.497 e. The second kappa shape index (κ2) is 9.03. The number of hydrogen-bond donors (Lipinski definition) is 0. The van der Waals surface area contributed by atoms with Gasteiger partial charge in [-0.25, -0.2) is 14.6 Å². The van der Waals surface area contributed by atoms with E-state index in [0.29, 0.717) is 31.9 Å². The Morgan fingerprint density at radius 2 is 1.65 bits per heavy atom. The number of piperazine rings is 1. The Hall–Kier alpha value is -3.62. The number of carbonyl (C=O) groups excluding carboxylic acids is 1. The number of aromatic nitrogens is 4. The quantitative estimate of drug-likeness (QED) is 0.601. The van der Waals surface area contributed by atoms with Gasteiger partial charge in [0.1, 0.15) is 23.6 Å². The van der Waals surface area contributed by atoms with Crippen LogP contribution in [0.5, 0.6) is 11.5 Å². The number of methoxy groups -OCH3 is 1. The maximum absolute atomic E-state index is 12.5. The first-order valence-electron chi connectivity index (χ1n) is 10.2. The van der Waals surface area contributed by atoms with E-state index in [0.717, 1.165) is 28.8 Å². The zero-order valence-electron chi connectivity index (χ0n) is 18.0. The Balaban J connectivity index is 1.32. The molecule has 3 heterocycles. The normalized spacial score (nSPS) is 13.9. The lowest BCUT2D eigenvalue weighted by Gasteiger charge is -2.35. The van der Waals surface area contributed by atoms with Crippen molar-refractivity contribution in [2.45, 2.75) is 13.8 Å². The number of anilines is 1. The molecular formula is C22H26N6O3. The minimum absolute atomic E-state index is 0.0158. The molecule has 0 aliphatic carbocycles. The van der Waals surface area contributed by atoms with Crippen LogP contribution in [0.4, 0.5) is 5.82 Å². The Bertz CT molecular complexity index is 1040. The molecule has 4 rings (SSSR count). The Morgan fingerprint density at radius 3 is 2.29 bits per heavy atom. The molecule has 0 saturated carbocycles. The lowest BCUT2D eigenvalue weighted by molar-refractivity contribution is -0.133. The molecule has 0 radical (unpaired) electrons. The summed E-state index contributed by atoms with van der Waals surface area (Å²) in [5.41, 5.74) is 1.97. The first-order chi connectivity index (χ1) is 15.0. The predicted molar refractivity (Wildman–Crippen MR) is 116 cm³/mol. The van der Waals surface area contributed by atoms with Crippen LogP contribution >= 0.6 is 0 Å². The maximum atomic E-state index is 12.5. The van der Waals surface area contributed by atoms with Crippen LogP contribution in [0.15, 0.2) is 42.7 Å². The summed E-state index contributed by atoms with van der Waals surface area (Å²) in [5, 5.41) is 4.49. The van der Waals surface area contributed by atoms with E-state index < -0.39 is 0 Å². The molecule has 1 fully saturated rings. The van der Waals surface area contributed by atoms with Crippen molar-refractivity contribution in [3.63, 3.8) is 0 Å². The van der Waals surface area contributed by atoms with Crippen LogP contribution in [-0.2, 0) is 4.79 Å². The molecule has 162 valence electrons. The molecule has 3 aromatic rings. The van der Waals surface area contributed by atoms with Crippen LogP contribution in [0, 0.1) is 13.8 Å². The van der Waals surface area contributed by atoms with Crippen molar-refractivity contribution in [3.05, 3.63) is 54.1 Å². The number of nitrogens with zero attached hydrogens (tertiary/aromatic N) is 6. The maximum Gasteiger partial charge on any atom is 0.260 e. The lowest BCUT2D eigenvalue weighted by Crippen LogP contribution is -2.50. The average molecular weight is 422 g/mol. The fourth-order valence-electron chi connectivity index (χ4n) is 3.58. The van der Waals surface area contributed by atoms with Crippen LogP contribution < -0.4 is 14.4 Å². The molecule has 1 amide bonds. The van der Waals surface area contributed by atoms with Crippen molar-refractivity contribution < 1.29 is 14.3 Å². The van der Waals surface area contributed by atoms with Gasteiger partial charge < -0.3 is 19.3 Å². The summed E-state index contributed by atoms with van der Waals surface area (Å²) in [7, 11) is 1.61. The van der Waals surface area contributed by atoms with Gasteiger partial charge in [0.05, 0.1) is 12.8 Å². The molecule has 0 unspecified atom stereocenters. The molecule has 9 nitrogen and oxygen atoms in total. The first-order valence-corrected chi connectivity index (χ1v) is 10.2. The summed E-state index contributed by atoms with van der Waals surface area (Å²) < 4.78 is 12.6. The van der Waals surface area contributed by atoms with Crippen LogP contribution in [-0.4, -0.2) is 70.5 Å². The Labute approximate surface area is 181 Å². The second-order valence-corrected chi connectivity index (χ2v) is 7.41. The first kappa shape index (κ1) is 20.6. The molecule has 2 aromatic heterocycles. The van der Waals surface area contributed by atoms with E-state index >= 15 is 0 Å². The van der Waals surface area contributed by atoms with E-state index in [-0.39, 0.29) is 12.5 Å². The summed E-state index contributed by atoms with van der Waals surface area (Å²) in [4.78, 5) is 25.3. The zero-order valence-corrected chi connectivity index (χ0v) is 18.0. The van der Waals surface area contributed by atoms with Crippen LogP contribution in [0.3, 0.4) is 0 Å². The van der Waals surface area contributed by atoms with Gasteiger partial charge in [-0.3, -0.25) is 4.79 Å². The van der Waals surface area contributed by atoms with Gasteiger partial charge >= 0.3 is 0 Å². The van der Waals surface area contributed by atoms with Crippen molar-refractivity contribution >= 4 is 11.7 Å². The lowest BCUT2D eigenvalue weighted by atomic mass is 10.3. The highest BCUT2D eigenvalue weighted by Gasteiger charge is 2.23. The predicted octanol–water partition coefficient (Wildman–Crippen LogP) is 2.02. The fourth-order valence-corrected chi connectivity index (χ4v) is 3.58. The van der Waals surface area contributed by atoms with Crippen LogP contribution in [0.2, 0.25) is 0 Å². The minimum Gasteiger partial charge on any atom is -0.497 e. The van der Waals surface area contributed by atoms with E-state index in [1.807, 2.05) is 35.6 Å². The molecule has 0 spiro atoms. The summed E-state index contributed by atoms with van der Waals surface area (Å²) >= 11 is 0. The molecular weight excluding hydrogens is 396 g/mol. The number of rotatable bonds is 6. The van der Waals surface area contributed by atoms with Crippen molar-refractivity contribution in [3.8, 4) is 17.3 Å². The van der Waals surface area contributed by atoms with Gasteiger partial charge in [-0.1, -0.05) is 0 Å². The van der Waals surface area contributed by atoms with Gasteiger partial charge in [0, 0.05) is 37.9 Å². The Kier molecular flexibility index (Phi) is 6.01. The number of aryl methyl sites for hydroxylation is 2. The minimum atomic E-state index is -0.0264. The van der Waals surface area contributed by atoms with Crippen molar-refractivity contribution in [2.24, 2.45) is 0 Å². The Morgan fingerprint density at radius 1 is 0.968 bits per heavy atom. The molecule has 1 aliphatic rings. The van der Waals surface area contributed by atoms with Crippen molar-refractivity contribution in [1.29, 1.82) is 0 Å². The second-order valence-electron chi connectivity index (χ2n) is 7.41. The highest BCUT2D eigenvalue weighted by molar-refractivity contribution is 5.78. The monoisotopic (exact) mass is 422 g/mol. The standard InChI is InChI=1S/C22H26N6O3/c1-16-12-17(2)28(25-16)21-13-20(23-15-24-21)26-8-10-27(11-9-26)22(29)14-31-19-6-4-18(30-3)5-7-19/h4-7,12-13,15H,8-11,14H2,1-3H3. The highest BCUT2D eigenvalue weighted by Crippen LogP contribution is 2.19. The van der Waals surface area contributed by atoms with E-state index in [9.17, 15) is 4.79 Å². The number of benzene rings is 1. The summed E-state index contributed by atoms with van der Waals surface area (Å²) in [5.74, 6) is 2.94. The third-order valence-corrected chi connectivity index (χ3v) is 5.24. The number of amides is 1.